The number of rotatable bonds is 5. The lowest BCUT2D eigenvalue weighted by Crippen LogP contribution is -2.19. The van der Waals surface area contributed by atoms with E-state index < -0.39 is 12.8 Å². The first kappa shape index (κ1) is 19.1. The summed E-state index contributed by atoms with van der Waals surface area (Å²) in [5.74, 6) is 0.417. The highest BCUT2D eigenvalue weighted by Gasteiger charge is 2.28. The van der Waals surface area contributed by atoms with Crippen LogP contribution in [0.15, 0.2) is 48.5 Å². The Morgan fingerprint density at radius 2 is 1.81 bits per heavy atom. The second-order valence-electron chi connectivity index (χ2n) is 6.77. The molecule has 1 aliphatic rings. The zero-order valence-electron chi connectivity index (χ0n) is 14.9. The number of benzene rings is 2. The summed E-state index contributed by atoms with van der Waals surface area (Å²) in [5, 5.41) is 2.78. The van der Waals surface area contributed by atoms with Crippen LogP contribution in [0.4, 0.5) is 24.5 Å². The van der Waals surface area contributed by atoms with Crippen LogP contribution >= 0.6 is 0 Å². The highest BCUT2D eigenvalue weighted by atomic mass is 19.4. The fraction of sp³-hybridized carbons (Fsp3) is 0.350. The fourth-order valence-corrected chi connectivity index (χ4v) is 3.00. The van der Waals surface area contributed by atoms with Crippen LogP contribution < -0.4 is 15.0 Å². The molecule has 1 unspecified atom stereocenters. The molecule has 144 valence electrons. The Kier molecular flexibility index (Phi) is 5.58. The van der Waals surface area contributed by atoms with Gasteiger partial charge in [0.15, 0.2) is 6.61 Å². The van der Waals surface area contributed by atoms with Crippen molar-refractivity contribution in [2.24, 2.45) is 5.92 Å². The molecule has 27 heavy (non-hydrogen) atoms. The number of nitrogens with one attached hydrogen (secondary N) is 1. The number of carbonyl (C=O) groups is 1. The molecule has 0 radical (unpaired) electrons. The van der Waals surface area contributed by atoms with Gasteiger partial charge in [0.05, 0.1) is 0 Å². The molecule has 4 nitrogen and oxygen atoms in total. The molecule has 1 atom stereocenters. The molecule has 0 saturated carbocycles. The van der Waals surface area contributed by atoms with Crippen LogP contribution in [0.2, 0.25) is 0 Å². The van der Waals surface area contributed by atoms with Gasteiger partial charge in [-0.15, -0.1) is 0 Å². The van der Waals surface area contributed by atoms with E-state index >= 15 is 0 Å². The van der Waals surface area contributed by atoms with Crippen LogP contribution in [0, 0.1) is 5.92 Å². The van der Waals surface area contributed by atoms with Crippen molar-refractivity contribution >= 4 is 17.3 Å². The maximum absolute atomic E-state index is 12.3. The summed E-state index contributed by atoms with van der Waals surface area (Å²) in [6.07, 6.45) is -3.21. The molecule has 0 spiro atoms. The summed E-state index contributed by atoms with van der Waals surface area (Å²) in [6.45, 7) is 2.94. The topological polar surface area (TPSA) is 41.6 Å². The molecule has 1 fully saturated rings. The van der Waals surface area contributed by atoms with Crippen LogP contribution in [0.3, 0.4) is 0 Å². The molecule has 7 heteroatoms. The normalized spacial score (nSPS) is 17.0. The van der Waals surface area contributed by atoms with Crippen molar-refractivity contribution < 1.29 is 22.7 Å². The van der Waals surface area contributed by atoms with Gasteiger partial charge in [-0.2, -0.15) is 13.2 Å². The number of ether oxygens (including phenoxy) is 1. The Morgan fingerprint density at radius 1 is 1.15 bits per heavy atom. The summed E-state index contributed by atoms with van der Waals surface area (Å²) in [5.41, 5.74) is 2.13. The monoisotopic (exact) mass is 378 g/mol. The van der Waals surface area contributed by atoms with E-state index in [1.54, 1.807) is 0 Å². The largest absolute Gasteiger partial charge is 0.484 e. The summed E-state index contributed by atoms with van der Waals surface area (Å²) >= 11 is 0. The Bertz CT molecular complexity index is 773. The molecule has 1 N–H and O–H groups in total. The number of amides is 1. The minimum absolute atomic E-state index is 0.0630. The first-order valence-corrected chi connectivity index (χ1v) is 8.76. The highest BCUT2D eigenvalue weighted by Crippen LogP contribution is 2.25. The van der Waals surface area contributed by atoms with Crippen molar-refractivity contribution in [3.63, 3.8) is 0 Å². The van der Waals surface area contributed by atoms with Crippen molar-refractivity contribution in [2.45, 2.75) is 19.5 Å². The van der Waals surface area contributed by atoms with Gasteiger partial charge in [-0.05, 0) is 60.9 Å². The van der Waals surface area contributed by atoms with Gasteiger partial charge in [0.2, 0.25) is 0 Å². The lowest BCUT2D eigenvalue weighted by Gasteiger charge is -2.18. The van der Waals surface area contributed by atoms with Crippen molar-refractivity contribution in [1.29, 1.82) is 0 Å². The molecule has 2 aromatic carbocycles. The predicted molar refractivity (Wildman–Crippen MR) is 98.4 cm³/mol. The van der Waals surface area contributed by atoms with E-state index in [-0.39, 0.29) is 11.7 Å². The molecule has 1 heterocycles. The maximum Gasteiger partial charge on any atom is 0.422 e. The highest BCUT2D eigenvalue weighted by molar-refractivity contribution is 6.04. The van der Waals surface area contributed by atoms with E-state index in [9.17, 15) is 18.0 Å². The Balaban J connectivity index is 1.57. The standard InChI is InChI=1S/C20H21F3N2O2/c1-14-10-11-25(12-14)17-6-4-16(5-7-17)24-19(26)15-2-8-18(9-3-15)27-13-20(21,22)23/h2-9,14H,10-13H2,1H3,(H,24,26). The van der Waals surface area contributed by atoms with Crippen LogP contribution in [0.25, 0.3) is 0 Å². The molecule has 0 aromatic heterocycles. The van der Waals surface area contributed by atoms with Crippen LogP contribution in [-0.2, 0) is 0 Å². The van der Waals surface area contributed by atoms with Gasteiger partial charge < -0.3 is 15.0 Å². The number of hydrogen-bond acceptors (Lipinski definition) is 3. The number of anilines is 2. The quantitative estimate of drug-likeness (QED) is 0.818. The van der Waals surface area contributed by atoms with Gasteiger partial charge in [-0.1, -0.05) is 6.92 Å². The number of hydrogen-bond donors (Lipinski definition) is 1. The second kappa shape index (κ2) is 7.90. The van der Waals surface area contributed by atoms with Gasteiger partial charge >= 0.3 is 6.18 Å². The zero-order valence-corrected chi connectivity index (χ0v) is 14.9. The van der Waals surface area contributed by atoms with Crippen molar-refractivity contribution in [1.82, 2.24) is 0 Å². The minimum atomic E-state index is -4.39. The third-order valence-electron chi connectivity index (χ3n) is 4.43. The molecule has 1 amide bonds. The summed E-state index contributed by atoms with van der Waals surface area (Å²) in [6, 6.07) is 13.2. The minimum Gasteiger partial charge on any atom is -0.484 e. The van der Waals surface area contributed by atoms with E-state index in [1.807, 2.05) is 24.3 Å². The Hall–Kier alpha value is -2.70. The van der Waals surface area contributed by atoms with E-state index in [0.717, 1.165) is 18.8 Å². The molecule has 0 aliphatic carbocycles. The maximum atomic E-state index is 12.3. The second-order valence-corrected chi connectivity index (χ2v) is 6.77. The Labute approximate surface area is 155 Å². The van der Waals surface area contributed by atoms with E-state index in [4.69, 9.17) is 0 Å². The first-order valence-electron chi connectivity index (χ1n) is 8.76. The molecular weight excluding hydrogens is 357 g/mol. The fourth-order valence-electron chi connectivity index (χ4n) is 3.00. The van der Waals surface area contributed by atoms with Crippen LogP contribution in [0.1, 0.15) is 23.7 Å². The summed E-state index contributed by atoms with van der Waals surface area (Å²) in [4.78, 5) is 14.6. The Morgan fingerprint density at radius 3 is 2.37 bits per heavy atom. The van der Waals surface area contributed by atoms with E-state index in [1.165, 1.54) is 30.7 Å². The third-order valence-corrected chi connectivity index (χ3v) is 4.43. The van der Waals surface area contributed by atoms with Crippen LogP contribution in [-0.4, -0.2) is 31.8 Å². The molecule has 1 aliphatic heterocycles. The lowest BCUT2D eigenvalue weighted by molar-refractivity contribution is -0.153. The molecule has 0 bridgehead atoms. The average Bonchev–Trinajstić information content (AvgIpc) is 3.07. The van der Waals surface area contributed by atoms with E-state index in [0.29, 0.717) is 17.2 Å². The van der Waals surface area contributed by atoms with Crippen molar-refractivity contribution in [3.8, 4) is 5.75 Å². The van der Waals surface area contributed by atoms with Gasteiger partial charge in [0.25, 0.3) is 5.91 Å². The molecular formula is C20H21F3N2O2. The number of alkyl halides is 3. The number of nitrogens with zero attached hydrogens (tertiary/aromatic N) is 1. The molecule has 3 rings (SSSR count). The first-order chi connectivity index (χ1) is 12.8. The zero-order chi connectivity index (χ0) is 19.4. The molecule has 1 saturated heterocycles. The summed E-state index contributed by atoms with van der Waals surface area (Å²) < 4.78 is 41.1. The lowest BCUT2D eigenvalue weighted by atomic mass is 10.2. The van der Waals surface area contributed by atoms with Gasteiger partial charge in [0.1, 0.15) is 5.75 Å². The average molecular weight is 378 g/mol. The van der Waals surface area contributed by atoms with Crippen LogP contribution in [0.5, 0.6) is 5.75 Å². The van der Waals surface area contributed by atoms with E-state index in [2.05, 4.69) is 21.9 Å². The van der Waals surface area contributed by atoms with Crippen molar-refractivity contribution in [2.75, 3.05) is 29.9 Å². The van der Waals surface area contributed by atoms with Crippen molar-refractivity contribution in [3.05, 3.63) is 54.1 Å². The SMILES string of the molecule is CC1CCN(c2ccc(NC(=O)c3ccc(OCC(F)(F)F)cc3)cc2)C1. The van der Waals surface area contributed by atoms with Gasteiger partial charge in [0, 0.05) is 30.0 Å². The van der Waals surface area contributed by atoms with Gasteiger partial charge in [-0.3, -0.25) is 4.79 Å². The number of carbonyl (C=O) groups excluding carboxylic acids is 1. The predicted octanol–water partition coefficient (Wildman–Crippen LogP) is 4.73. The number of halogens is 3. The molecule has 2 aromatic rings. The van der Waals surface area contributed by atoms with Gasteiger partial charge in [-0.25, -0.2) is 0 Å². The summed E-state index contributed by atoms with van der Waals surface area (Å²) in [7, 11) is 0. The third kappa shape index (κ3) is 5.39. The smallest absolute Gasteiger partial charge is 0.422 e.